The molecule has 4 aromatic rings. The minimum Gasteiger partial charge on any atom is -0.368 e. The van der Waals surface area contributed by atoms with Crippen LogP contribution >= 0.6 is 22.7 Å². The summed E-state index contributed by atoms with van der Waals surface area (Å²) >= 11 is 3.39. The van der Waals surface area contributed by atoms with Crippen molar-refractivity contribution >= 4 is 44.5 Å². The first-order valence-electron chi connectivity index (χ1n) is 7.85. The molecule has 8 heteroatoms. The highest BCUT2D eigenvalue weighted by Crippen LogP contribution is 2.38. The molecule has 4 aromatic heterocycles. The first-order valence-corrected chi connectivity index (χ1v) is 9.60. The first kappa shape index (κ1) is 15.9. The Morgan fingerprint density at radius 3 is 2.80 bits per heavy atom. The zero-order chi connectivity index (χ0) is 17.1. The zero-order valence-corrected chi connectivity index (χ0v) is 15.2. The highest BCUT2D eigenvalue weighted by atomic mass is 32.1. The van der Waals surface area contributed by atoms with Crippen molar-refractivity contribution in [2.45, 2.75) is 6.92 Å². The number of aromatic nitrogens is 4. The molecule has 0 spiro atoms. The van der Waals surface area contributed by atoms with Crippen LogP contribution in [0, 0.1) is 6.92 Å². The third kappa shape index (κ3) is 3.45. The lowest BCUT2D eigenvalue weighted by Gasteiger charge is -2.10. The van der Waals surface area contributed by atoms with Gasteiger partial charge in [0, 0.05) is 41.3 Å². The van der Waals surface area contributed by atoms with Crippen LogP contribution in [0.5, 0.6) is 0 Å². The van der Waals surface area contributed by atoms with Crippen molar-refractivity contribution in [2.24, 2.45) is 0 Å². The highest BCUT2D eigenvalue weighted by Gasteiger charge is 2.14. The molecule has 4 heterocycles. The van der Waals surface area contributed by atoms with Crippen molar-refractivity contribution < 1.29 is 0 Å². The van der Waals surface area contributed by atoms with E-state index in [1.165, 1.54) is 10.4 Å². The second kappa shape index (κ2) is 7.12. The number of anilines is 2. The Bertz CT molecular complexity index is 966. The summed E-state index contributed by atoms with van der Waals surface area (Å²) in [6.07, 6.45) is 5.04. The van der Waals surface area contributed by atoms with E-state index < -0.39 is 0 Å². The van der Waals surface area contributed by atoms with E-state index in [0.29, 0.717) is 0 Å². The van der Waals surface area contributed by atoms with Gasteiger partial charge >= 0.3 is 0 Å². The largest absolute Gasteiger partial charge is 0.368 e. The van der Waals surface area contributed by atoms with E-state index in [4.69, 9.17) is 0 Å². The second-order valence-electron chi connectivity index (χ2n) is 5.37. The normalized spacial score (nSPS) is 10.9. The molecule has 0 amide bonds. The fraction of sp³-hybridized carbons (Fsp3) is 0.176. The van der Waals surface area contributed by atoms with Crippen molar-refractivity contribution in [3.05, 3.63) is 47.3 Å². The Labute approximate surface area is 153 Å². The maximum absolute atomic E-state index is 4.62. The number of rotatable bonds is 6. The molecule has 126 valence electrons. The minimum absolute atomic E-state index is 0.724. The van der Waals surface area contributed by atoms with Gasteiger partial charge in [-0.25, -0.2) is 15.0 Å². The predicted octanol–water partition coefficient (Wildman–Crippen LogP) is 4.04. The van der Waals surface area contributed by atoms with E-state index in [1.54, 1.807) is 41.3 Å². The fourth-order valence-corrected chi connectivity index (χ4v) is 4.36. The number of thiophene rings is 2. The summed E-state index contributed by atoms with van der Waals surface area (Å²) in [5.41, 5.74) is 1.19. The molecule has 0 radical (unpaired) electrons. The van der Waals surface area contributed by atoms with Gasteiger partial charge in [-0.05, 0) is 18.4 Å². The summed E-state index contributed by atoms with van der Waals surface area (Å²) < 4.78 is 0. The number of hydrogen-bond donors (Lipinski definition) is 2. The van der Waals surface area contributed by atoms with Crippen LogP contribution in [0.2, 0.25) is 0 Å². The van der Waals surface area contributed by atoms with Gasteiger partial charge in [-0.2, -0.15) is 0 Å². The minimum atomic E-state index is 0.724. The maximum atomic E-state index is 4.62. The summed E-state index contributed by atoms with van der Waals surface area (Å²) in [6.45, 7) is 3.37. The standard InChI is InChI=1S/C17H16N6S2/c1-11-22-16(21-7-6-20-14-9-18-4-5-19-14)15-12(10-25-17(15)23-11)13-3-2-8-24-13/h2-5,8-10H,6-7H2,1H3,(H,19,20)(H,21,22,23). The van der Waals surface area contributed by atoms with Gasteiger partial charge in [-0.15, -0.1) is 22.7 Å². The number of fused-ring (bicyclic) bond motifs is 1. The quantitative estimate of drug-likeness (QED) is 0.500. The third-order valence-corrected chi connectivity index (χ3v) is 5.39. The van der Waals surface area contributed by atoms with Crippen LogP contribution in [0.4, 0.5) is 11.6 Å². The van der Waals surface area contributed by atoms with Crippen LogP contribution in [0.3, 0.4) is 0 Å². The van der Waals surface area contributed by atoms with E-state index in [9.17, 15) is 0 Å². The smallest absolute Gasteiger partial charge is 0.144 e. The second-order valence-corrected chi connectivity index (χ2v) is 7.18. The summed E-state index contributed by atoms with van der Waals surface area (Å²) in [4.78, 5) is 19.7. The summed E-state index contributed by atoms with van der Waals surface area (Å²) in [5.74, 6) is 2.42. The molecule has 0 aliphatic heterocycles. The average molecular weight is 368 g/mol. The zero-order valence-electron chi connectivity index (χ0n) is 13.6. The molecule has 0 atom stereocenters. The molecule has 0 saturated carbocycles. The number of nitrogens with one attached hydrogen (secondary N) is 2. The summed E-state index contributed by atoms with van der Waals surface area (Å²) in [6, 6.07) is 4.20. The molecular weight excluding hydrogens is 352 g/mol. The molecule has 4 rings (SSSR count). The molecule has 0 unspecified atom stereocenters. The van der Waals surface area contributed by atoms with E-state index >= 15 is 0 Å². The molecule has 0 aromatic carbocycles. The lowest BCUT2D eigenvalue weighted by molar-refractivity contribution is 1.02. The van der Waals surface area contributed by atoms with Gasteiger partial charge in [0.25, 0.3) is 0 Å². The molecule has 2 N–H and O–H groups in total. The van der Waals surface area contributed by atoms with Crippen molar-refractivity contribution in [3.8, 4) is 10.4 Å². The van der Waals surface area contributed by atoms with Gasteiger partial charge < -0.3 is 10.6 Å². The fourth-order valence-electron chi connectivity index (χ4n) is 2.55. The van der Waals surface area contributed by atoms with Gasteiger partial charge in [-0.3, -0.25) is 4.98 Å². The Hall–Kier alpha value is -2.58. The SMILES string of the molecule is Cc1nc(NCCNc2cnccn2)c2c(-c3cccs3)csc2n1. The molecule has 6 nitrogen and oxygen atoms in total. The molecule has 25 heavy (non-hydrogen) atoms. The Morgan fingerprint density at radius 2 is 2.00 bits per heavy atom. The third-order valence-electron chi connectivity index (χ3n) is 3.62. The average Bonchev–Trinajstić information content (AvgIpc) is 3.28. The molecule has 0 bridgehead atoms. The highest BCUT2D eigenvalue weighted by molar-refractivity contribution is 7.18. The van der Waals surface area contributed by atoms with Crippen molar-refractivity contribution in [3.63, 3.8) is 0 Å². The van der Waals surface area contributed by atoms with Gasteiger partial charge in [0.15, 0.2) is 0 Å². The van der Waals surface area contributed by atoms with Crippen LogP contribution in [0.25, 0.3) is 20.7 Å². The summed E-state index contributed by atoms with van der Waals surface area (Å²) in [5, 5.41) is 12.0. The van der Waals surface area contributed by atoms with Crippen molar-refractivity contribution in [1.82, 2.24) is 19.9 Å². The monoisotopic (exact) mass is 368 g/mol. The van der Waals surface area contributed by atoms with Crippen LogP contribution in [-0.2, 0) is 0 Å². The van der Waals surface area contributed by atoms with E-state index in [-0.39, 0.29) is 0 Å². The van der Waals surface area contributed by atoms with Crippen LogP contribution in [-0.4, -0.2) is 33.0 Å². The number of nitrogens with zero attached hydrogens (tertiary/aromatic N) is 4. The topological polar surface area (TPSA) is 75.6 Å². The Kier molecular flexibility index (Phi) is 4.53. The predicted molar refractivity (Wildman–Crippen MR) is 104 cm³/mol. The first-order chi connectivity index (χ1) is 12.3. The lowest BCUT2D eigenvalue weighted by atomic mass is 10.2. The maximum Gasteiger partial charge on any atom is 0.144 e. The Balaban J connectivity index is 1.55. The van der Waals surface area contributed by atoms with Crippen molar-refractivity contribution in [1.29, 1.82) is 0 Å². The van der Waals surface area contributed by atoms with Crippen molar-refractivity contribution in [2.75, 3.05) is 23.7 Å². The van der Waals surface area contributed by atoms with Crippen LogP contribution in [0.1, 0.15) is 5.82 Å². The van der Waals surface area contributed by atoms with Crippen LogP contribution in [0.15, 0.2) is 41.5 Å². The number of aryl methyl sites for hydroxylation is 1. The molecule has 0 fully saturated rings. The van der Waals surface area contributed by atoms with E-state index in [0.717, 1.165) is 40.8 Å². The molecule has 0 saturated heterocycles. The molecule has 0 aliphatic rings. The Morgan fingerprint density at radius 1 is 1.08 bits per heavy atom. The molecule has 0 aliphatic carbocycles. The van der Waals surface area contributed by atoms with Crippen LogP contribution < -0.4 is 10.6 Å². The molecular formula is C17H16N6S2. The summed E-state index contributed by atoms with van der Waals surface area (Å²) in [7, 11) is 0. The van der Waals surface area contributed by atoms with Gasteiger partial charge in [0.2, 0.25) is 0 Å². The van der Waals surface area contributed by atoms with Gasteiger partial charge in [0.05, 0.1) is 11.6 Å². The van der Waals surface area contributed by atoms with E-state index in [2.05, 4.69) is 53.5 Å². The lowest BCUT2D eigenvalue weighted by Crippen LogP contribution is -2.15. The van der Waals surface area contributed by atoms with Gasteiger partial charge in [0.1, 0.15) is 22.3 Å². The van der Waals surface area contributed by atoms with Gasteiger partial charge in [-0.1, -0.05) is 6.07 Å². The number of hydrogen-bond acceptors (Lipinski definition) is 8. The van der Waals surface area contributed by atoms with E-state index in [1.807, 2.05) is 6.92 Å².